The molecule has 1 aromatic heterocycles. The van der Waals surface area contributed by atoms with Gasteiger partial charge in [-0.15, -0.1) is 0 Å². The SMILES string of the molecule is COc1cc(C(C)C)c(-n2cc[n+](-c3c(C(C)C)cc(OC)cc3C(C)C)c2)c(C(C)C)c1. The van der Waals surface area contributed by atoms with Crippen LogP contribution in [0.1, 0.15) is 101 Å². The molecule has 0 saturated heterocycles. The Morgan fingerprint density at radius 3 is 1.39 bits per heavy atom. The Morgan fingerprint density at radius 1 is 0.636 bits per heavy atom. The molecular formula is C29H41N2O2+. The molecular weight excluding hydrogens is 408 g/mol. The predicted molar refractivity (Wildman–Crippen MR) is 137 cm³/mol. The van der Waals surface area contributed by atoms with Crippen molar-refractivity contribution in [2.75, 3.05) is 14.2 Å². The van der Waals surface area contributed by atoms with Crippen molar-refractivity contribution < 1.29 is 14.0 Å². The molecule has 4 heteroatoms. The summed E-state index contributed by atoms with van der Waals surface area (Å²) in [7, 11) is 3.49. The number of benzene rings is 2. The molecule has 1 heterocycles. The maximum Gasteiger partial charge on any atom is 0.254 e. The van der Waals surface area contributed by atoms with Crippen molar-refractivity contribution in [2.24, 2.45) is 0 Å². The van der Waals surface area contributed by atoms with E-state index in [0.717, 1.165) is 11.5 Å². The average Bonchev–Trinajstić information content (AvgIpc) is 3.26. The molecule has 4 nitrogen and oxygen atoms in total. The third kappa shape index (κ3) is 4.95. The van der Waals surface area contributed by atoms with Crippen molar-refractivity contribution in [3.63, 3.8) is 0 Å². The Bertz CT molecular complexity index is 963. The zero-order valence-electron chi connectivity index (χ0n) is 22.1. The molecule has 0 N–H and O–H groups in total. The minimum atomic E-state index is 0.377. The van der Waals surface area contributed by atoms with E-state index in [2.05, 4.69) is 108 Å². The second-order valence-electron chi connectivity index (χ2n) is 10.2. The van der Waals surface area contributed by atoms with E-state index in [1.54, 1.807) is 14.2 Å². The van der Waals surface area contributed by atoms with E-state index in [0.29, 0.717) is 23.7 Å². The smallest absolute Gasteiger partial charge is 0.254 e. The summed E-state index contributed by atoms with van der Waals surface area (Å²) in [5.74, 6) is 3.35. The van der Waals surface area contributed by atoms with Gasteiger partial charge in [0.25, 0.3) is 6.33 Å². The van der Waals surface area contributed by atoms with Gasteiger partial charge in [0.15, 0.2) is 0 Å². The molecule has 178 valence electrons. The number of aromatic nitrogens is 2. The number of rotatable bonds is 8. The van der Waals surface area contributed by atoms with Crippen molar-refractivity contribution in [1.29, 1.82) is 0 Å². The number of hydrogen-bond acceptors (Lipinski definition) is 2. The molecule has 0 aliphatic carbocycles. The first-order valence-corrected chi connectivity index (χ1v) is 12.1. The molecule has 2 aromatic carbocycles. The van der Waals surface area contributed by atoms with Crippen LogP contribution >= 0.6 is 0 Å². The molecule has 0 aliphatic rings. The van der Waals surface area contributed by atoms with Gasteiger partial charge in [0.1, 0.15) is 35.3 Å². The zero-order chi connectivity index (χ0) is 24.4. The fourth-order valence-corrected chi connectivity index (χ4v) is 4.51. The highest BCUT2D eigenvalue weighted by Crippen LogP contribution is 2.36. The van der Waals surface area contributed by atoms with E-state index in [9.17, 15) is 0 Å². The van der Waals surface area contributed by atoms with Crippen molar-refractivity contribution in [2.45, 2.75) is 79.1 Å². The van der Waals surface area contributed by atoms with Gasteiger partial charge < -0.3 is 9.47 Å². The lowest BCUT2D eigenvalue weighted by molar-refractivity contribution is -0.596. The largest absolute Gasteiger partial charge is 0.497 e. The van der Waals surface area contributed by atoms with Crippen molar-refractivity contribution in [1.82, 2.24) is 4.57 Å². The second kappa shape index (κ2) is 10.0. The lowest BCUT2D eigenvalue weighted by Crippen LogP contribution is -2.32. The molecule has 0 radical (unpaired) electrons. The number of methoxy groups -OCH3 is 2. The van der Waals surface area contributed by atoms with Gasteiger partial charge in [0, 0.05) is 22.3 Å². The first-order chi connectivity index (χ1) is 15.6. The van der Waals surface area contributed by atoms with Gasteiger partial charge in [0.05, 0.1) is 14.2 Å². The fraction of sp³-hybridized carbons (Fsp3) is 0.483. The molecule has 0 spiro atoms. The number of hydrogen-bond donors (Lipinski definition) is 0. The Hall–Kier alpha value is -2.75. The van der Waals surface area contributed by atoms with Gasteiger partial charge in [-0.3, -0.25) is 0 Å². The average molecular weight is 450 g/mol. The highest BCUT2D eigenvalue weighted by molar-refractivity contribution is 5.55. The number of ether oxygens (including phenoxy) is 2. The van der Waals surface area contributed by atoms with E-state index in [4.69, 9.17) is 9.47 Å². The summed E-state index contributed by atoms with van der Waals surface area (Å²) >= 11 is 0. The number of imidazole rings is 1. The Kier molecular flexibility index (Phi) is 7.56. The number of nitrogens with zero attached hydrogens (tertiary/aromatic N) is 2. The standard InChI is InChI=1S/C29H41N2O2/c1-18(2)24-13-22(32-9)14-25(19(3)4)28(24)30-11-12-31(17-30)29-26(20(5)6)15-23(33-10)16-27(29)21(7)8/h11-21H,1-10H3/q+1. The molecule has 0 bridgehead atoms. The lowest BCUT2D eigenvalue weighted by atomic mass is 9.92. The van der Waals surface area contributed by atoms with Crippen LogP contribution in [-0.2, 0) is 0 Å². The van der Waals surface area contributed by atoms with Crippen LogP contribution in [0.4, 0.5) is 0 Å². The van der Waals surface area contributed by atoms with Crippen LogP contribution in [0.15, 0.2) is 43.0 Å². The molecule has 3 rings (SSSR count). The Balaban J connectivity index is 2.28. The van der Waals surface area contributed by atoms with Crippen LogP contribution in [-0.4, -0.2) is 18.8 Å². The van der Waals surface area contributed by atoms with Crippen LogP contribution in [0.2, 0.25) is 0 Å². The summed E-state index contributed by atoms with van der Waals surface area (Å²) in [6.45, 7) is 18.0. The Morgan fingerprint density at radius 2 is 1.03 bits per heavy atom. The monoisotopic (exact) mass is 449 g/mol. The van der Waals surface area contributed by atoms with Crippen molar-refractivity contribution >= 4 is 0 Å². The maximum atomic E-state index is 5.64. The van der Waals surface area contributed by atoms with E-state index >= 15 is 0 Å². The molecule has 0 fully saturated rings. The molecule has 0 amide bonds. The first kappa shape index (κ1) is 24.9. The van der Waals surface area contributed by atoms with Crippen LogP contribution in [0.3, 0.4) is 0 Å². The highest BCUT2D eigenvalue weighted by atomic mass is 16.5. The third-order valence-corrected chi connectivity index (χ3v) is 6.40. The van der Waals surface area contributed by atoms with Crippen LogP contribution in [0.25, 0.3) is 11.4 Å². The third-order valence-electron chi connectivity index (χ3n) is 6.40. The van der Waals surface area contributed by atoms with Crippen molar-refractivity contribution in [3.8, 4) is 22.9 Å². The molecule has 3 aromatic rings. The highest BCUT2D eigenvalue weighted by Gasteiger charge is 2.25. The fourth-order valence-electron chi connectivity index (χ4n) is 4.51. The zero-order valence-corrected chi connectivity index (χ0v) is 22.1. The quantitative estimate of drug-likeness (QED) is 0.338. The van der Waals surface area contributed by atoms with Gasteiger partial charge in [-0.05, 0) is 47.9 Å². The van der Waals surface area contributed by atoms with Crippen LogP contribution < -0.4 is 14.0 Å². The van der Waals surface area contributed by atoms with E-state index in [1.165, 1.54) is 33.6 Å². The molecule has 0 atom stereocenters. The van der Waals surface area contributed by atoms with Gasteiger partial charge in [0.2, 0.25) is 0 Å². The maximum absolute atomic E-state index is 5.64. The van der Waals surface area contributed by atoms with E-state index < -0.39 is 0 Å². The topological polar surface area (TPSA) is 27.3 Å². The van der Waals surface area contributed by atoms with Gasteiger partial charge in [-0.1, -0.05) is 55.4 Å². The molecule has 33 heavy (non-hydrogen) atoms. The second-order valence-corrected chi connectivity index (χ2v) is 10.2. The first-order valence-electron chi connectivity index (χ1n) is 12.1. The molecule has 0 saturated carbocycles. The van der Waals surface area contributed by atoms with E-state index in [-0.39, 0.29) is 0 Å². The minimum Gasteiger partial charge on any atom is -0.497 e. The van der Waals surface area contributed by atoms with Crippen LogP contribution in [0.5, 0.6) is 11.5 Å². The van der Waals surface area contributed by atoms with Gasteiger partial charge in [-0.2, -0.15) is 0 Å². The lowest BCUT2D eigenvalue weighted by Gasteiger charge is -2.19. The summed E-state index contributed by atoms with van der Waals surface area (Å²) < 4.78 is 15.8. The summed E-state index contributed by atoms with van der Waals surface area (Å²) in [6.07, 6.45) is 6.58. The van der Waals surface area contributed by atoms with Crippen LogP contribution in [0, 0.1) is 0 Å². The summed E-state index contributed by atoms with van der Waals surface area (Å²) in [5, 5.41) is 0. The van der Waals surface area contributed by atoms with Gasteiger partial charge >= 0.3 is 0 Å². The summed E-state index contributed by atoms with van der Waals surface area (Å²) in [5.41, 5.74) is 7.69. The van der Waals surface area contributed by atoms with Gasteiger partial charge in [-0.25, -0.2) is 9.13 Å². The Labute approximate surface area is 200 Å². The minimum absolute atomic E-state index is 0.377. The summed E-state index contributed by atoms with van der Waals surface area (Å²) in [6, 6.07) is 8.73. The normalized spacial score (nSPS) is 11.8. The molecule has 0 unspecified atom stereocenters. The summed E-state index contributed by atoms with van der Waals surface area (Å²) in [4.78, 5) is 0. The predicted octanol–water partition coefficient (Wildman–Crippen LogP) is 7.26. The molecule has 0 aliphatic heterocycles. The van der Waals surface area contributed by atoms with Crippen molar-refractivity contribution in [3.05, 3.63) is 65.2 Å². The van der Waals surface area contributed by atoms with E-state index in [1.807, 2.05) is 0 Å².